The molecule has 0 saturated heterocycles. The van der Waals surface area contributed by atoms with Gasteiger partial charge >= 0.3 is 5.97 Å². The molecule has 0 aliphatic heterocycles. The Morgan fingerprint density at radius 3 is 1.73 bits per heavy atom. The van der Waals surface area contributed by atoms with Crippen molar-refractivity contribution < 1.29 is 18.3 Å². The maximum atomic E-state index is 13.8. The van der Waals surface area contributed by atoms with Crippen molar-refractivity contribution >= 4 is 16.9 Å². The summed E-state index contributed by atoms with van der Waals surface area (Å²) in [5.41, 5.74) is -0.311. The Morgan fingerprint density at radius 1 is 0.667 bits per heavy atom. The van der Waals surface area contributed by atoms with Crippen LogP contribution in [-0.4, -0.2) is 5.97 Å². The molecule has 4 aromatic carbocycles. The second-order valence-electron chi connectivity index (χ2n) is 6.42. The lowest BCUT2D eigenvalue weighted by Crippen LogP contribution is -2.11. The zero-order valence-electron chi connectivity index (χ0n) is 15.8. The maximum absolute atomic E-state index is 13.8. The van der Waals surface area contributed by atoms with Crippen LogP contribution in [0, 0.1) is 11.6 Å². The van der Waals surface area contributed by atoms with Gasteiger partial charge in [0.25, 0.3) is 0 Å². The van der Waals surface area contributed by atoms with Gasteiger partial charge in [-0.2, -0.15) is 0 Å². The van der Waals surface area contributed by atoms with Gasteiger partial charge in [0.2, 0.25) is 0 Å². The lowest BCUT2D eigenvalue weighted by Gasteiger charge is -2.09. The summed E-state index contributed by atoms with van der Waals surface area (Å²) in [6.07, 6.45) is 0. The Balaban J connectivity index is 1.60. The van der Waals surface area contributed by atoms with Crippen molar-refractivity contribution in [3.05, 3.63) is 120 Å². The Kier molecular flexibility index (Phi) is 5.91. The van der Waals surface area contributed by atoms with Gasteiger partial charge in [-0.3, -0.25) is 0 Å². The molecule has 0 aromatic heterocycles. The van der Waals surface area contributed by atoms with E-state index < -0.39 is 17.6 Å². The average Bonchev–Trinajstić information content (AvgIpc) is 2.76. The van der Waals surface area contributed by atoms with Crippen molar-refractivity contribution in [1.82, 2.24) is 0 Å². The van der Waals surface area contributed by atoms with Crippen LogP contribution in [0.3, 0.4) is 0 Å². The van der Waals surface area contributed by atoms with Gasteiger partial charge in [-0.1, -0.05) is 36.4 Å². The summed E-state index contributed by atoms with van der Waals surface area (Å²) in [5.74, 6) is -2.28. The molecule has 0 heterocycles. The van der Waals surface area contributed by atoms with Crippen molar-refractivity contribution in [3.8, 4) is 5.75 Å². The van der Waals surface area contributed by atoms with Crippen molar-refractivity contribution in [2.75, 3.05) is 0 Å². The number of esters is 1. The predicted molar refractivity (Wildman–Crippen MR) is 113 cm³/mol. The SMILES string of the molecule is O=C(Oc1ccc([S+](c2ccccc2)c2ccccc2)cc1)c1ccc(F)cc1F. The molecule has 0 radical (unpaired) electrons. The van der Waals surface area contributed by atoms with E-state index in [2.05, 4.69) is 24.3 Å². The van der Waals surface area contributed by atoms with Crippen molar-refractivity contribution in [1.29, 1.82) is 0 Å². The molecular formula is C25H17F2O2S+. The Morgan fingerprint density at radius 2 is 1.20 bits per heavy atom. The highest BCUT2D eigenvalue weighted by Crippen LogP contribution is 2.32. The van der Waals surface area contributed by atoms with Gasteiger partial charge in [0.15, 0.2) is 14.7 Å². The molecule has 0 fully saturated rings. The standard InChI is InChI=1S/C25H17F2O2S/c26-18-11-16-23(24(27)17-18)25(28)29-19-12-14-22(15-13-19)30(20-7-3-1-4-8-20)21-9-5-2-6-10-21/h1-17H/q+1. The first-order valence-electron chi connectivity index (χ1n) is 9.23. The number of rotatable bonds is 5. The third-order valence-electron chi connectivity index (χ3n) is 4.38. The van der Waals surface area contributed by atoms with Crippen LogP contribution in [0.4, 0.5) is 8.78 Å². The van der Waals surface area contributed by atoms with E-state index in [1.54, 1.807) is 12.1 Å². The molecule has 30 heavy (non-hydrogen) atoms. The summed E-state index contributed by atoms with van der Waals surface area (Å²) in [5, 5.41) is 0. The lowest BCUT2D eigenvalue weighted by atomic mass is 10.2. The summed E-state index contributed by atoms with van der Waals surface area (Å²) in [6, 6.07) is 30.2. The normalized spacial score (nSPS) is 10.8. The van der Waals surface area contributed by atoms with Crippen LogP contribution >= 0.6 is 0 Å². The van der Waals surface area contributed by atoms with Gasteiger partial charge in [0, 0.05) is 6.07 Å². The Labute approximate surface area is 176 Å². The highest BCUT2D eigenvalue weighted by Gasteiger charge is 2.28. The monoisotopic (exact) mass is 419 g/mol. The summed E-state index contributed by atoms with van der Waals surface area (Å²) in [6.45, 7) is 0. The minimum absolute atomic E-state index is 0.289. The van der Waals surface area contributed by atoms with E-state index in [1.807, 2.05) is 48.5 Å². The highest BCUT2D eigenvalue weighted by atomic mass is 32.2. The van der Waals surface area contributed by atoms with Crippen LogP contribution in [0.1, 0.15) is 10.4 Å². The second kappa shape index (κ2) is 8.93. The van der Waals surface area contributed by atoms with Crippen molar-refractivity contribution in [2.24, 2.45) is 0 Å². The molecule has 0 N–H and O–H groups in total. The first-order chi connectivity index (χ1) is 14.6. The third kappa shape index (κ3) is 4.42. The Hall–Kier alpha value is -3.44. The zero-order chi connectivity index (χ0) is 20.9. The first-order valence-corrected chi connectivity index (χ1v) is 10.5. The molecule has 0 atom stereocenters. The fourth-order valence-corrected chi connectivity index (χ4v) is 5.07. The molecule has 0 unspecified atom stereocenters. The van der Waals surface area contributed by atoms with Gasteiger partial charge in [0.1, 0.15) is 17.4 Å². The van der Waals surface area contributed by atoms with Crippen LogP contribution in [-0.2, 0) is 10.9 Å². The Bertz CT molecular complexity index is 1110. The quantitative estimate of drug-likeness (QED) is 0.216. The number of carbonyl (C=O) groups is 1. The lowest BCUT2D eigenvalue weighted by molar-refractivity contribution is 0.0729. The van der Waals surface area contributed by atoms with Gasteiger partial charge in [0.05, 0.1) is 16.5 Å². The molecule has 0 aliphatic rings. The molecule has 0 bridgehead atoms. The third-order valence-corrected chi connectivity index (χ3v) is 6.61. The van der Waals surface area contributed by atoms with Crippen LogP contribution in [0.25, 0.3) is 0 Å². The molecule has 4 rings (SSSR count). The van der Waals surface area contributed by atoms with E-state index in [4.69, 9.17) is 4.74 Å². The fraction of sp³-hybridized carbons (Fsp3) is 0. The van der Waals surface area contributed by atoms with Gasteiger partial charge in [-0.15, -0.1) is 0 Å². The van der Waals surface area contributed by atoms with Gasteiger partial charge in [-0.05, 0) is 60.7 Å². The molecule has 4 aromatic rings. The zero-order valence-corrected chi connectivity index (χ0v) is 16.6. The number of benzene rings is 4. The smallest absolute Gasteiger partial charge is 0.346 e. The molecule has 0 saturated carbocycles. The van der Waals surface area contributed by atoms with Crippen molar-refractivity contribution in [3.63, 3.8) is 0 Å². The molecular weight excluding hydrogens is 402 g/mol. The molecule has 5 heteroatoms. The second-order valence-corrected chi connectivity index (χ2v) is 8.44. The van der Waals surface area contributed by atoms with Crippen LogP contribution < -0.4 is 4.74 Å². The van der Waals surface area contributed by atoms with Crippen LogP contribution in [0.5, 0.6) is 5.75 Å². The summed E-state index contributed by atoms with van der Waals surface area (Å²) >= 11 is 0. The number of halogens is 2. The fourth-order valence-electron chi connectivity index (χ4n) is 2.98. The minimum Gasteiger partial charge on any atom is -0.423 e. The number of hydrogen-bond acceptors (Lipinski definition) is 2. The number of carbonyl (C=O) groups excluding carboxylic acids is 1. The van der Waals surface area contributed by atoms with Crippen LogP contribution in [0.2, 0.25) is 0 Å². The average molecular weight is 419 g/mol. The number of hydrogen-bond donors (Lipinski definition) is 0. The van der Waals surface area contributed by atoms with E-state index in [-0.39, 0.29) is 22.2 Å². The van der Waals surface area contributed by atoms with Gasteiger partial charge < -0.3 is 4.74 Å². The van der Waals surface area contributed by atoms with E-state index in [9.17, 15) is 13.6 Å². The molecule has 148 valence electrons. The first kappa shape index (κ1) is 19.9. The van der Waals surface area contributed by atoms with Crippen LogP contribution in [0.15, 0.2) is 118 Å². The van der Waals surface area contributed by atoms with E-state index in [0.717, 1.165) is 17.0 Å². The topological polar surface area (TPSA) is 26.3 Å². The number of ether oxygens (including phenoxy) is 1. The molecule has 0 aliphatic carbocycles. The largest absolute Gasteiger partial charge is 0.423 e. The minimum atomic E-state index is -0.952. The summed E-state index contributed by atoms with van der Waals surface area (Å²) in [4.78, 5) is 15.6. The van der Waals surface area contributed by atoms with E-state index >= 15 is 0 Å². The predicted octanol–water partition coefficient (Wildman–Crippen LogP) is 6.28. The molecule has 0 amide bonds. The van der Waals surface area contributed by atoms with Gasteiger partial charge in [-0.25, -0.2) is 13.6 Å². The highest BCUT2D eigenvalue weighted by molar-refractivity contribution is 7.97. The van der Waals surface area contributed by atoms with E-state index in [1.165, 1.54) is 9.79 Å². The van der Waals surface area contributed by atoms with Crippen molar-refractivity contribution in [2.45, 2.75) is 14.7 Å². The van der Waals surface area contributed by atoms with E-state index in [0.29, 0.717) is 6.07 Å². The maximum Gasteiger partial charge on any atom is 0.346 e. The summed E-state index contributed by atoms with van der Waals surface area (Å²) in [7, 11) is -0.320. The molecule has 2 nitrogen and oxygen atoms in total. The summed E-state index contributed by atoms with van der Waals surface area (Å²) < 4.78 is 32.1. The molecule has 0 spiro atoms.